The van der Waals surface area contributed by atoms with Gasteiger partial charge in [0.2, 0.25) is 5.91 Å². The van der Waals surface area contributed by atoms with Crippen LogP contribution in [0.4, 0.5) is 0 Å². The van der Waals surface area contributed by atoms with Gasteiger partial charge in [-0.25, -0.2) is 5.48 Å². The van der Waals surface area contributed by atoms with Crippen LogP contribution >= 0.6 is 0 Å². The Morgan fingerprint density at radius 2 is 1.79 bits per heavy atom. The van der Waals surface area contributed by atoms with E-state index < -0.39 is 11.9 Å². The Morgan fingerprint density at radius 1 is 1.03 bits per heavy atom. The topological polar surface area (TPSA) is 113 Å². The first-order valence-corrected chi connectivity index (χ1v) is 10.8. The normalized spacial score (nSPS) is 11.6. The number of rotatable bonds is 8. The summed E-state index contributed by atoms with van der Waals surface area (Å²) in [6, 6.07) is 21.2. The lowest BCUT2D eigenvalue weighted by Crippen LogP contribution is -2.33. The average Bonchev–Trinajstić information content (AvgIpc) is 2.87. The summed E-state index contributed by atoms with van der Waals surface area (Å²) in [5.41, 5.74) is 5.38. The van der Waals surface area contributed by atoms with Crippen LogP contribution in [0.15, 0.2) is 79.0 Å². The molecule has 2 heterocycles. The van der Waals surface area contributed by atoms with Crippen LogP contribution in [0.2, 0.25) is 0 Å². The number of aromatic nitrogens is 2. The summed E-state index contributed by atoms with van der Waals surface area (Å²) >= 11 is 0. The van der Waals surface area contributed by atoms with Crippen LogP contribution in [0, 0.1) is 6.92 Å². The summed E-state index contributed by atoms with van der Waals surface area (Å²) in [6.45, 7) is 2.32. The second-order valence-corrected chi connectivity index (χ2v) is 7.77. The summed E-state index contributed by atoms with van der Waals surface area (Å²) in [5.74, 6) is -0.377. The fourth-order valence-electron chi connectivity index (χ4n) is 3.66. The van der Waals surface area contributed by atoms with Crippen molar-refractivity contribution in [3.63, 3.8) is 0 Å². The first kappa shape index (κ1) is 22.9. The van der Waals surface area contributed by atoms with Crippen molar-refractivity contribution in [2.24, 2.45) is 0 Å². The van der Waals surface area contributed by atoms with Crippen LogP contribution in [-0.2, 0) is 11.4 Å². The number of pyridine rings is 2. The molecule has 2 amide bonds. The van der Waals surface area contributed by atoms with Crippen LogP contribution < -0.4 is 15.5 Å². The molecule has 2 aromatic carbocycles. The molecule has 0 radical (unpaired) electrons. The van der Waals surface area contributed by atoms with Gasteiger partial charge in [0.1, 0.15) is 12.4 Å². The number of nitrogens with zero attached hydrogens (tertiary/aromatic N) is 2. The molecule has 8 heteroatoms. The molecule has 1 unspecified atom stereocenters. The van der Waals surface area contributed by atoms with Gasteiger partial charge in [-0.15, -0.1) is 0 Å². The van der Waals surface area contributed by atoms with Gasteiger partial charge in [0, 0.05) is 28.4 Å². The van der Waals surface area contributed by atoms with Crippen LogP contribution in [0.25, 0.3) is 10.9 Å². The van der Waals surface area contributed by atoms with Crippen LogP contribution in [-0.4, -0.2) is 27.0 Å². The van der Waals surface area contributed by atoms with Crippen molar-refractivity contribution in [1.29, 1.82) is 0 Å². The van der Waals surface area contributed by atoms with Crippen molar-refractivity contribution in [3.8, 4) is 5.75 Å². The zero-order valence-corrected chi connectivity index (χ0v) is 18.6. The van der Waals surface area contributed by atoms with E-state index in [1.807, 2.05) is 37.3 Å². The van der Waals surface area contributed by atoms with Crippen molar-refractivity contribution in [2.75, 3.05) is 0 Å². The molecule has 3 N–H and O–H groups in total. The maximum atomic E-state index is 12.8. The maximum Gasteiger partial charge on any atom is 0.251 e. The monoisotopic (exact) mass is 456 g/mol. The SMILES string of the molecule is Cc1cc(COc2ccc(C(=O)NC(CC(=O)NO)c3ccccn3)cc2)c2ccccc2n1. The number of ether oxygens (including phenoxy) is 1. The number of carbonyl (C=O) groups is 2. The molecule has 2 aromatic heterocycles. The Bertz CT molecular complexity index is 1290. The van der Waals surface area contributed by atoms with E-state index in [-0.39, 0.29) is 12.3 Å². The van der Waals surface area contributed by atoms with Gasteiger partial charge >= 0.3 is 0 Å². The highest BCUT2D eigenvalue weighted by Gasteiger charge is 2.20. The molecule has 0 aliphatic carbocycles. The van der Waals surface area contributed by atoms with Gasteiger partial charge in [-0.1, -0.05) is 24.3 Å². The fourth-order valence-corrected chi connectivity index (χ4v) is 3.66. The summed E-state index contributed by atoms with van der Waals surface area (Å²) < 4.78 is 5.96. The Morgan fingerprint density at radius 3 is 2.53 bits per heavy atom. The maximum absolute atomic E-state index is 12.8. The summed E-state index contributed by atoms with van der Waals surface area (Å²) in [5, 5.41) is 12.7. The molecular weight excluding hydrogens is 432 g/mol. The number of nitrogens with one attached hydrogen (secondary N) is 2. The number of hydroxylamine groups is 1. The van der Waals surface area contributed by atoms with Gasteiger partial charge < -0.3 is 10.1 Å². The van der Waals surface area contributed by atoms with Crippen molar-refractivity contribution in [1.82, 2.24) is 20.8 Å². The Balaban J connectivity index is 1.44. The van der Waals surface area contributed by atoms with E-state index in [0.29, 0.717) is 23.6 Å². The molecule has 0 bridgehead atoms. The molecule has 0 aliphatic rings. The van der Waals surface area contributed by atoms with Gasteiger partial charge in [0.25, 0.3) is 5.91 Å². The third kappa shape index (κ3) is 5.54. The first-order chi connectivity index (χ1) is 16.5. The van der Waals surface area contributed by atoms with E-state index >= 15 is 0 Å². The standard InChI is InChI=1S/C26H24N4O4/c1-17-14-19(21-6-2-3-7-22(21)28-17)16-34-20-11-9-18(10-12-20)26(32)29-24(15-25(31)30-33)23-8-4-5-13-27-23/h2-14,24,33H,15-16H2,1H3,(H,29,32)(H,30,31). The predicted molar refractivity (Wildman–Crippen MR) is 126 cm³/mol. The van der Waals surface area contributed by atoms with Gasteiger partial charge in [0.05, 0.1) is 23.7 Å². The minimum Gasteiger partial charge on any atom is -0.489 e. The molecule has 4 rings (SSSR count). The Labute approximate surface area is 196 Å². The summed E-state index contributed by atoms with van der Waals surface area (Å²) in [7, 11) is 0. The second-order valence-electron chi connectivity index (χ2n) is 7.77. The minimum absolute atomic E-state index is 0.153. The predicted octanol–water partition coefficient (Wildman–Crippen LogP) is 3.88. The van der Waals surface area contributed by atoms with E-state index in [4.69, 9.17) is 9.94 Å². The Kier molecular flexibility index (Phi) is 7.10. The van der Waals surface area contributed by atoms with Crippen molar-refractivity contribution in [3.05, 3.63) is 102 Å². The number of amides is 2. The van der Waals surface area contributed by atoms with E-state index in [1.54, 1.807) is 54.1 Å². The van der Waals surface area contributed by atoms with E-state index in [0.717, 1.165) is 22.2 Å². The molecule has 8 nitrogen and oxygen atoms in total. The van der Waals surface area contributed by atoms with Gasteiger partial charge in [0.15, 0.2) is 0 Å². The number of fused-ring (bicyclic) bond motifs is 1. The number of hydrogen-bond acceptors (Lipinski definition) is 6. The average molecular weight is 457 g/mol. The van der Waals surface area contributed by atoms with E-state index in [1.165, 1.54) is 0 Å². The molecule has 0 fully saturated rings. The molecule has 1 atom stereocenters. The van der Waals surface area contributed by atoms with Crippen LogP contribution in [0.5, 0.6) is 5.75 Å². The summed E-state index contributed by atoms with van der Waals surface area (Å²) in [6.07, 6.45) is 1.42. The highest BCUT2D eigenvalue weighted by molar-refractivity contribution is 5.94. The molecule has 34 heavy (non-hydrogen) atoms. The lowest BCUT2D eigenvalue weighted by molar-refractivity contribution is -0.129. The van der Waals surface area contributed by atoms with Gasteiger partial charge in [-0.3, -0.25) is 24.8 Å². The first-order valence-electron chi connectivity index (χ1n) is 10.8. The van der Waals surface area contributed by atoms with Gasteiger partial charge in [-0.05, 0) is 55.5 Å². The lowest BCUT2D eigenvalue weighted by atomic mass is 10.1. The molecule has 0 saturated carbocycles. The van der Waals surface area contributed by atoms with Crippen molar-refractivity contribution >= 4 is 22.7 Å². The number of para-hydroxylation sites is 1. The zero-order chi connectivity index (χ0) is 23.9. The lowest BCUT2D eigenvalue weighted by Gasteiger charge is -2.17. The summed E-state index contributed by atoms with van der Waals surface area (Å²) in [4.78, 5) is 33.2. The van der Waals surface area contributed by atoms with Crippen LogP contribution in [0.3, 0.4) is 0 Å². The number of carbonyl (C=O) groups excluding carboxylic acids is 2. The Hall–Kier alpha value is -4.30. The highest BCUT2D eigenvalue weighted by Crippen LogP contribution is 2.21. The van der Waals surface area contributed by atoms with Crippen molar-refractivity contribution < 1.29 is 19.5 Å². The minimum atomic E-state index is -0.694. The quantitative estimate of drug-likeness (QED) is 0.274. The number of hydrogen-bond donors (Lipinski definition) is 3. The fraction of sp³-hybridized carbons (Fsp3) is 0.154. The molecule has 4 aromatic rings. The molecule has 0 aliphatic heterocycles. The number of benzene rings is 2. The molecular formula is C26H24N4O4. The molecule has 0 saturated heterocycles. The zero-order valence-electron chi connectivity index (χ0n) is 18.6. The third-order valence-corrected chi connectivity index (χ3v) is 5.31. The number of aryl methyl sites for hydroxylation is 1. The molecule has 172 valence electrons. The van der Waals surface area contributed by atoms with Gasteiger partial charge in [-0.2, -0.15) is 0 Å². The third-order valence-electron chi connectivity index (χ3n) is 5.31. The van der Waals surface area contributed by atoms with E-state index in [9.17, 15) is 9.59 Å². The van der Waals surface area contributed by atoms with Crippen molar-refractivity contribution in [2.45, 2.75) is 26.0 Å². The highest BCUT2D eigenvalue weighted by atomic mass is 16.5. The van der Waals surface area contributed by atoms with E-state index in [2.05, 4.69) is 15.3 Å². The smallest absolute Gasteiger partial charge is 0.251 e. The second kappa shape index (κ2) is 10.5. The van der Waals surface area contributed by atoms with Crippen LogP contribution in [0.1, 0.15) is 39.8 Å². The molecule has 0 spiro atoms. The largest absolute Gasteiger partial charge is 0.489 e.